The number of hydrogen-bond acceptors (Lipinski definition) is 5. The van der Waals surface area contributed by atoms with Gasteiger partial charge < -0.3 is 15.8 Å². The molecule has 20 heavy (non-hydrogen) atoms. The van der Waals surface area contributed by atoms with Crippen LogP contribution in [0.4, 0.5) is 11.4 Å². The number of nitrogen functional groups attached to an aromatic ring is 1. The van der Waals surface area contributed by atoms with Crippen LogP contribution in [0.5, 0.6) is 5.75 Å². The summed E-state index contributed by atoms with van der Waals surface area (Å²) in [6.07, 6.45) is 1.94. The standard InChI is InChI=1S/C15H21N3OS/c1-10(2)19-13-8-11(16)7-12(9-13)18-15(3,4)14-17-5-6-20-14/h5-10,18H,16H2,1-4H3. The second-order valence-corrected chi connectivity index (χ2v) is 6.44. The van der Waals surface area contributed by atoms with Gasteiger partial charge in [0.15, 0.2) is 0 Å². The van der Waals surface area contributed by atoms with E-state index in [2.05, 4.69) is 24.1 Å². The van der Waals surface area contributed by atoms with E-state index in [1.807, 2.05) is 43.6 Å². The number of rotatable bonds is 5. The van der Waals surface area contributed by atoms with Crippen LogP contribution in [0.1, 0.15) is 32.7 Å². The van der Waals surface area contributed by atoms with Crippen molar-refractivity contribution in [1.29, 1.82) is 0 Å². The molecule has 108 valence electrons. The van der Waals surface area contributed by atoms with Crippen LogP contribution in [-0.2, 0) is 5.54 Å². The number of thiazole rings is 1. The largest absolute Gasteiger partial charge is 0.491 e. The Labute approximate surface area is 124 Å². The van der Waals surface area contributed by atoms with Gasteiger partial charge in [-0.2, -0.15) is 0 Å². The predicted octanol–water partition coefficient (Wildman–Crippen LogP) is 3.86. The summed E-state index contributed by atoms with van der Waals surface area (Å²) < 4.78 is 5.71. The number of hydrogen-bond donors (Lipinski definition) is 2. The fraction of sp³-hybridized carbons (Fsp3) is 0.400. The Morgan fingerprint density at radius 1 is 1.30 bits per heavy atom. The highest BCUT2D eigenvalue weighted by atomic mass is 32.1. The topological polar surface area (TPSA) is 60.2 Å². The maximum Gasteiger partial charge on any atom is 0.123 e. The Hall–Kier alpha value is -1.75. The Balaban J connectivity index is 2.23. The van der Waals surface area contributed by atoms with Crippen molar-refractivity contribution in [3.8, 4) is 5.75 Å². The van der Waals surface area contributed by atoms with Gasteiger partial charge in [0.1, 0.15) is 10.8 Å². The highest BCUT2D eigenvalue weighted by Gasteiger charge is 2.23. The van der Waals surface area contributed by atoms with E-state index in [0.29, 0.717) is 5.69 Å². The van der Waals surface area contributed by atoms with E-state index in [4.69, 9.17) is 10.5 Å². The predicted molar refractivity (Wildman–Crippen MR) is 85.4 cm³/mol. The van der Waals surface area contributed by atoms with E-state index in [-0.39, 0.29) is 11.6 Å². The van der Waals surface area contributed by atoms with Gasteiger partial charge >= 0.3 is 0 Å². The molecule has 0 saturated heterocycles. The molecule has 0 bridgehead atoms. The Bertz CT molecular complexity index is 565. The van der Waals surface area contributed by atoms with Gasteiger partial charge in [0.2, 0.25) is 0 Å². The van der Waals surface area contributed by atoms with E-state index in [1.165, 1.54) is 0 Å². The third-order valence-electron chi connectivity index (χ3n) is 2.72. The summed E-state index contributed by atoms with van der Waals surface area (Å²) in [6, 6.07) is 5.70. The van der Waals surface area contributed by atoms with Gasteiger partial charge in [-0.05, 0) is 33.8 Å². The van der Waals surface area contributed by atoms with E-state index in [9.17, 15) is 0 Å². The first-order valence-electron chi connectivity index (χ1n) is 6.62. The quantitative estimate of drug-likeness (QED) is 0.821. The van der Waals surface area contributed by atoms with E-state index in [0.717, 1.165) is 16.4 Å². The molecule has 3 N–H and O–H groups in total. The van der Waals surface area contributed by atoms with Gasteiger partial charge in [-0.15, -0.1) is 11.3 Å². The number of benzene rings is 1. The van der Waals surface area contributed by atoms with Crippen LogP contribution in [0.15, 0.2) is 29.8 Å². The Morgan fingerprint density at radius 2 is 2.05 bits per heavy atom. The molecule has 0 unspecified atom stereocenters. The normalized spacial score (nSPS) is 11.7. The number of nitrogens with two attached hydrogens (primary N) is 1. The summed E-state index contributed by atoms with van der Waals surface area (Å²) in [6.45, 7) is 8.18. The van der Waals surface area contributed by atoms with Gasteiger partial charge in [0.25, 0.3) is 0 Å². The van der Waals surface area contributed by atoms with Crippen molar-refractivity contribution < 1.29 is 4.74 Å². The number of nitrogens with zero attached hydrogens (tertiary/aromatic N) is 1. The molecule has 0 fully saturated rings. The van der Waals surface area contributed by atoms with Gasteiger partial charge in [-0.1, -0.05) is 0 Å². The molecule has 1 heterocycles. The molecular weight excluding hydrogens is 270 g/mol. The summed E-state index contributed by atoms with van der Waals surface area (Å²) in [7, 11) is 0. The minimum Gasteiger partial charge on any atom is -0.491 e. The first-order valence-corrected chi connectivity index (χ1v) is 7.50. The average Bonchev–Trinajstić information content (AvgIpc) is 2.79. The van der Waals surface area contributed by atoms with Crippen molar-refractivity contribution >= 4 is 22.7 Å². The van der Waals surface area contributed by atoms with Crippen LogP contribution in [0.25, 0.3) is 0 Å². The molecule has 0 radical (unpaired) electrons. The molecule has 1 aromatic heterocycles. The number of ether oxygens (including phenoxy) is 1. The van der Waals surface area contributed by atoms with E-state index >= 15 is 0 Å². The molecule has 0 aliphatic carbocycles. The molecule has 0 aliphatic heterocycles. The SMILES string of the molecule is CC(C)Oc1cc(N)cc(NC(C)(C)c2nccs2)c1. The summed E-state index contributed by atoms with van der Waals surface area (Å²) in [5, 5.41) is 6.47. The number of aromatic nitrogens is 1. The maximum absolute atomic E-state index is 5.94. The van der Waals surface area contributed by atoms with Crippen LogP contribution in [0.3, 0.4) is 0 Å². The lowest BCUT2D eigenvalue weighted by Crippen LogP contribution is -2.27. The second-order valence-electron chi connectivity index (χ2n) is 5.54. The first kappa shape index (κ1) is 14.7. The highest BCUT2D eigenvalue weighted by Crippen LogP contribution is 2.30. The molecule has 0 aliphatic rings. The molecule has 0 saturated carbocycles. The molecule has 0 spiro atoms. The average molecular weight is 291 g/mol. The third kappa shape index (κ3) is 3.63. The van der Waals surface area contributed by atoms with Crippen LogP contribution >= 0.6 is 11.3 Å². The highest BCUT2D eigenvalue weighted by molar-refractivity contribution is 7.09. The van der Waals surface area contributed by atoms with Crippen LogP contribution in [-0.4, -0.2) is 11.1 Å². The van der Waals surface area contributed by atoms with Crippen molar-refractivity contribution in [3.05, 3.63) is 34.8 Å². The first-order chi connectivity index (χ1) is 9.37. The van der Waals surface area contributed by atoms with Crippen molar-refractivity contribution in [3.63, 3.8) is 0 Å². The summed E-state index contributed by atoms with van der Waals surface area (Å²) in [5.41, 5.74) is 7.30. The smallest absolute Gasteiger partial charge is 0.123 e. The summed E-state index contributed by atoms with van der Waals surface area (Å²) in [5.74, 6) is 0.775. The number of nitrogens with one attached hydrogen (secondary N) is 1. The molecule has 5 heteroatoms. The zero-order chi connectivity index (χ0) is 14.8. The lowest BCUT2D eigenvalue weighted by atomic mass is 10.1. The van der Waals surface area contributed by atoms with Crippen molar-refractivity contribution in [2.45, 2.75) is 39.3 Å². The van der Waals surface area contributed by atoms with Crippen LogP contribution in [0.2, 0.25) is 0 Å². The number of anilines is 2. The lowest BCUT2D eigenvalue weighted by molar-refractivity contribution is 0.242. The van der Waals surface area contributed by atoms with E-state index < -0.39 is 0 Å². The van der Waals surface area contributed by atoms with Gasteiger partial charge in [0, 0.05) is 35.1 Å². The monoisotopic (exact) mass is 291 g/mol. The van der Waals surface area contributed by atoms with Crippen molar-refractivity contribution in [2.24, 2.45) is 0 Å². The molecule has 0 amide bonds. The molecule has 2 aromatic rings. The fourth-order valence-electron chi connectivity index (χ4n) is 1.98. The molecular formula is C15H21N3OS. The molecule has 2 rings (SSSR count). The van der Waals surface area contributed by atoms with Crippen LogP contribution < -0.4 is 15.8 Å². The van der Waals surface area contributed by atoms with Gasteiger partial charge in [0.05, 0.1) is 11.6 Å². The maximum atomic E-state index is 5.94. The fourth-order valence-corrected chi connectivity index (χ4v) is 2.70. The minimum atomic E-state index is -0.253. The van der Waals surface area contributed by atoms with Gasteiger partial charge in [-0.25, -0.2) is 4.98 Å². The van der Waals surface area contributed by atoms with E-state index in [1.54, 1.807) is 11.3 Å². The summed E-state index contributed by atoms with van der Waals surface area (Å²) >= 11 is 1.63. The van der Waals surface area contributed by atoms with Gasteiger partial charge in [-0.3, -0.25) is 0 Å². The van der Waals surface area contributed by atoms with Crippen LogP contribution in [0, 0.1) is 0 Å². The second kappa shape index (κ2) is 5.71. The zero-order valence-electron chi connectivity index (χ0n) is 12.3. The summed E-state index contributed by atoms with van der Waals surface area (Å²) in [4.78, 5) is 4.37. The van der Waals surface area contributed by atoms with Crippen molar-refractivity contribution in [2.75, 3.05) is 11.1 Å². The molecule has 1 aromatic carbocycles. The van der Waals surface area contributed by atoms with Crippen molar-refractivity contribution in [1.82, 2.24) is 4.98 Å². The molecule has 0 atom stereocenters. The minimum absolute atomic E-state index is 0.122. The zero-order valence-corrected chi connectivity index (χ0v) is 13.1. The lowest BCUT2D eigenvalue weighted by Gasteiger charge is -2.26. The Morgan fingerprint density at radius 3 is 2.65 bits per heavy atom. The third-order valence-corrected chi connectivity index (χ3v) is 3.82. The Kier molecular flexibility index (Phi) is 4.18. The molecule has 4 nitrogen and oxygen atoms in total.